The van der Waals surface area contributed by atoms with Crippen molar-refractivity contribution in [2.24, 2.45) is 5.92 Å². The average molecular weight is 367 g/mol. The van der Waals surface area contributed by atoms with Gasteiger partial charge < -0.3 is 13.8 Å². The molecule has 4 rings (SSSR count). The Balaban J connectivity index is 1.49. The van der Waals surface area contributed by atoms with Crippen LogP contribution in [0.1, 0.15) is 60.4 Å². The van der Waals surface area contributed by atoms with Crippen molar-refractivity contribution in [1.82, 2.24) is 24.4 Å². The molecule has 4 heterocycles. The highest BCUT2D eigenvalue weighted by Gasteiger charge is 2.30. The zero-order valence-corrected chi connectivity index (χ0v) is 16.1. The second kappa shape index (κ2) is 7.13. The van der Waals surface area contributed by atoms with Crippen molar-refractivity contribution in [3.63, 3.8) is 0 Å². The minimum Gasteiger partial charge on any atom is -0.339 e. The normalized spacial score (nSPS) is 17.8. The van der Waals surface area contributed by atoms with Gasteiger partial charge in [-0.3, -0.25) is 4.79 Å². The number of fused-ring (bicyclic) bond motifs is 1. The molecule has 1 aliphatic heterocycles. The smallest absolute Gasteiger partial charge is 0.274 e. The monoisotopic (exact) mass is 367 g/mol. The molecule has 7 heteroatoms. The van der Waals surface area contributed by atoms with E-state index in [9.17, 15) is 4.79 Å². The van der Waals surface area contributed by atoms with E-state index >= 15 is 0 Å². The van der Waals surface area contributed by atoms with Crippen molar-refractivity contribution >= 4 is 11.6 Å². The van der Waals surface area contributed by atoms with E-state index in [4.69, 9.17) is 4.52 Å². The molecule has 3 aromatic heterocycles. The highest BCUT2D eigenvalue weighted by molar-refractivity contribution is 5.93. The van der Waals surface area contributed by atoms with Crippen molar-refractivity contribution in [3.05, 3.63) is 47.5 Å². The van der Waals surface area contributed by atoms with E-state index in [2.05, 4.69) is 29.0 Å². The summed E-state index contributed by atoms with van der Waals surface area (Å²) in [4.78, 5) is 23.9. The summed E-state index contributed by atoms with van der Waals surface area (Å²) >= 11 is 0. The number of piperidine rings is 1. The van der Waals surface area contributed by atoms with Crippen LogP contribution in [0, 0.1) is 12.8 Å². The van der Waals surface area contributed by atoms with E-state index in [1.54, 1.807) is 0 Å². The van der Waals surface area contributed by atoms with Crippen LogP contribution in [-0.4, -0.2) is 43.4 Å². The molecule has 0 aromatic carbocycles. The molecule has 0 N–H and O–H groups in total. The third kappa shape index (κ3) is 3.72. The van der Waals surface area contributed by atoms with E-state index in [0.29, 0.717) is 24.0 Å². The van der Waals surface area contributed by atoms with Gasteiger partial charge in [0.25, 0.3) is 5.91 Å². The number of pyridine rings is 1. The maximum absolute atomic E-state index is 13.0. The molecule has 0 aliphatic carbocycles. The van der Waals surface area contributed by atoms with Crippen LogP contribution in [-0.2, 0) is 6.42 Å². The van der Waals surface area contributed by atoms with Crippen molar-refractivity contribution < 1.29 is 9.32 Å². The van der Waals surface area contributed by atoms with Crippen LogP contribution in [0.4, 0.5) is 0 Å². The molecule has 1 fully saturated rings. The van der Waals surface area contributed by atoms with Gasteiger partial charge in [-0.1, -0.05) is 25.1 Å². The largest absolute Gasteiger partial charge is 0.339 e. The standard InChI is InChI=1S/C20H25N5O2/c1-13(2)9-17-22-19(27-23-17)15-5-4-8-24(11-15)20(26)16-12-25-10-14(3)6-7-18(25)21-16/h6-7,10,12-13,15H,4-5,8-9,11H2,1-3H3. The Kier molecular flexibility index (Phi) is 4.68. The van der Waals surface area contributed by atoms with E-state index < -0.39 is 0 Å². The van der Waals surface area contributed by atoms with Gasteiger partial charge in [0.05, 0.1) is 5.92 Å². The number of aromatic nitrogens is 4. The first-order valence-corrected chi connectivity index (χ1v) is 9.56. The molecule has 1 atom stereocenters. The van der Waals surface area contributed by atoms with E-state index in [0.717, 1.165) is 42.8 Å². The van der Waals surface area contributed by atoms with Gasteiger partial charge in [0.1, 0.15) is 11.3 Å². The van der Waals surface area contributed by atoms with E-state index in [1.165, 1.54) is 0 Å². The van der Waals surface area contributed by atoms with E-state index in [1.807, 2.05) is 40.8 Å². The van der Waals surface area contributed by atoms with E-state index in [-0.39, 0.29) is 11.8 Å². The molecule has 0 saturated carbocycles. The molecule has 142 valence electrons. The third-order valence-electron chi connectivity index (χ3n) is 4.95. The lowest BCUT2D eigenvalue weighted by molar-refractivity contribution is 0.0690. The Morgan fingerprint density at radius 1 is 1.30 bits per heavy atom. The molecule has 0 bridgehead atoms. The summed E-state index contributed by atoms with van der Waals surface area (Å²) in [6.45, 7) is 7.61. The van der Waals surface area contributed by atoms with Gasteiger partial charge in [-0.15, -0.1) is 0 Å². The number of nitrogens with zero attached hydrogens (tertiary/aromatic N) is 5. The zero-order valence-electron chi connectivity index (χ0n) is 16.1. The first-order valence-electron chi connectivity index (χ1n) is 9.56. The average Bonchev–Trinajstić information content (AvgIpc) is 3.27. The number of carbonyl (C=O) groups is 1. The molecule has 27 heavy (non-hydrogen) atoms. The van der Waals surface area contributed by atoms with Crippen molar-refractivity contribution in [2.75, 3.05) is 13.1 Å². The number of carbonyl (C=O) groups excluding carboxylic acids is 1. The topological polar surface area (TPSA) is 76.5 Å². The molecular weight excluding hydrogens is 342 g/mol. The van der Waals surface area contributed by atoms with Gasteiger partial charge in [-0.2, -0.15) is 4.98 Å². The molecule has 0 spiro atoms. The number of hydrogen-bond donors (Lipinski definition) is 0. The highest BCUT2D eigenvalue weighted by Crippen LogP contribution is 2.27. The molecule has 1 amide bonds. The lowest BCUT2D eigenvalue weighted by Gasteiger charge is -2.30. The fraction of sp³-hybridized carbons (Fsp3) is 0.500. The van der Waals surface area contributed by atoms with Crippen LogP contribution in [0.2, 0.25) is 0 Å². The number of aryl methyl sites for hydroxylation is 1. The van der Waals surface area contributed by atoms with Crippen LogP contribution in [0.15, 0.2) is 29.0 Å². The predicted octanol–water partition coefficient (Wildman–Crippen LogP) is 3.24. The molecule has 3 aromatic rings. The quantitative estimate of drug-likeness (QED) is 0.707. The van der Waals surface area contributed by atoms with Gasteiger partial charge in [0.2, 0.25) is 5.89 Å². The van der Waals surface area contributed by atoms with Gasteiger partial charge >= 0.3 is 0 Å². The number of rotatable bonds is 4. The Labute approximate surface area is 158 Å². The maximum Gasteiger partial charge on any atom is 0.274 e. The summed E-state index contributed by atoms with van der Waals surface area (Å²) in [6, 6.07) is 3.93. The number of imidazole rings is 1. The first kappa shape index (κ1) is 17.7. The lowest BCUT2D eigenvalue weighted by atomic mass is 9.97. The van der Waals surface area contributed by atoms with Gasteiger partial charge in [0.15, 0.2) is 5.82 Å². The molecule has 1 unspecified atom stereocenters. The second-order valence-corrected chi connectivity index (χ2v) is 7.84. The number of amides is 1. The second-order valence-electron chi connectivity index (χ2n) is 7.84. The Bertz CT molecular complexity index is 958. The highest BCUT2D eigenvalue weighted by atomic mass is 16.5. The summed E-state index contributed by atoms with van der Waals surface area (Å²) in [5, 5.41) is 4.09. The van der Waals surface area contributed by atoms with Crippen LogP contribution in [0.3, 0.4) is 0 Å². The lowest BCUT2D eigenvalue weighted by Crippen LogP contribution is -2.39. The van der Waals surface area contributed by atoms with Crippen LogP contribution in [0.5, 0.6) is 0 Å². The third-order valence-corrected chi connectivity index (χ3v) is 4.95. The van der Waals surface area contributed by atoms with Crippen LogP contribution < -0.4 is 0 Å². The summed E-state index contributed by atoms with van der Waals surface area (Å²) < 4.78 is 7.38. The summed E-state index contributed by atoms with van der Waals surface area (Å²) in [5.41, 5.74) is 2.39. The maximum atomic E-state index is 13.0. The van der Waals surface area contributed by atoms with Crippen LogP contribution >= 0.6 is 0 Å². The molecule has 0 radical (unpaired) electrons. The molecule has 1 saturated heterocycles. The van der Waals surface area contributed by atoms with Crippen molar-refractivity contribution in [2.45, 2.75) is 46.0 Å². The van der Waals surface area contributed by atoms with Crippen molar-refractivity contribution in [3.8, 4) is 0 Å². The van der Waals surface area contributed by atoms with Gasteiger partial charge in [-0.25, -0.2) is 4.98 Å². The summed E-state index contributed by atoms with van der Waals surface area (Å²) in [5.74, 6) is 1.94. The van der Waals surface area contributed by atoms with Crippen molar-refractivity contribution in [1.29, 1.82) is 0 Å². The summed E-state index contributed by atoms with van der Waals surface area (Å²) in [6.07, 6.45) is 6.47. The minimum absolute atomic E-state index is 0.0389. The Morgan fingerprint density at radius 2 is 2.15 bits per heavy atom. The fourth-order valence-electron chi connectivity index (χ4n) is 3.61. The predicted molar refractivity (Wildman–Crippen MR) is 101 cm³/mol. The first-order chi connectivity index (χ1) is 13.0. The fourth-order valence-corrected chi connectivity index (χ4v) is 3.61. The SMILES string of the molecule is Cc1ccc2nc(C(=O)N3CCCC(c4nc(CC(C)C)no4)C3)cn2c1. The summed E-state index contributed by atoms with van der Waals surface area (Å²) in [7, 11) is 0. The molecule has 1 aliphatic rings. The zero-order chi connectivity index (χ0) is 19.0. The molecule has 7 nitrogen and oxygen atoms in total. The number of hydrogen-bond acceptors (Lipinski definition) is 5. The van der Waals surface area contributed by atoms with Gasteiger partial charge in [-0.05, 0) is 37.3 Å². The molecular formula is C20H25N5O2. The number of likely N-dealkylation sites (tertiary alicyclic amines) is 1. The van der Waals surface area contributed by atoms with Gasteiger partial charge in [0, 0.05) is 31.9 Å². The van der Waals surface area contributed by atoms with Crippen LogP contribution in [0.25, 0.3) is 5.65 Å². The Morgan fingerprint density at radius 3 is 2.96 bits per heavy atom. The minimum atomic E-state index is -0.0389. The Hall–Kier alpha value is -2.70.